The minimum atomic E-state index is 0.0221. The lowest BCUT2D eigenvalue weighted by atomic mass is 10.1. The Morgan fingerprint density at radius 1 is 0.944 bits per heavy atom. The summed E-state index contributed by atoms with van der Waals surface area (Å²) in [6.45, 7) is 6.47. The Labute approximate surface area is 113 Å². The van der Waals surface area contributed by atoms with E-state index >= 15 is 0 Å². The first kappa shape index (κ1) is 17.4. The number of amides is 1. The van der Waals surface area contributed by atoms with Gasteiger partial charge in [0.05, 0.1) is 6.10 Å². The molecule has 0 bridgehead atoms. The van der Waals surface area contributed by atoms with Crippen LogP contribution < -0.4 is 5.48 Å². The average molecular weight is 257 g/mol. The highest BCUT2D eigenvalue weighted by molar-refractivity contribution is 5.74. The molecule has 1 unspecified atom stereocenters. The maximum absolute atomic E-state index is 11.5. The second-order valence-electron chi connectivity index (χ2n) is 5.01. The van der Waals surface area contributed by atoms with Crippen LogP contribution in [0, 0.1) is 0 Å². The summed E-state index contributed by atoms with van der Waals surface area (Å²) in [5, 5.41) is 0. The van der Waals surface area contributed by atoms with Gasteiger partial charge in [-0.2, -0.15) is 0 Å². The summed E-state index contributed by atoms with van der Waals surface area (Å²) in [4.78, 5) is 17.0. The van der Waals surface area contributed by atoms with Crippen molar-refractivity contribution in [3.05, 3.63) is 0 Å². The van der Waals surface area contributed by atoms with Crippen molar-refractivity contribution in [3.8, 4) is 0 Å². The van der Waals surface area contributed by atoms with Gasteiger partial charge in [0.25, 0.3) is 0 Å². The smallest absolute Gasteiger partial charge is 0.243 e. The van der Waals surface area contributed by atoms with Gasteiger partial charge in [0.1, 0.15) is 0 Å². The summed E-state index contributed by atoms with van der Waals surface area (Å²) in [7, 11) is 0. The fraction of sp³-hybridized carbons (Fsp3) is 0.933. The van der Waals surface area contributed by atoms with Gasteiger partial charge in [0, 0.05) is 6.42 Å². The summed E-state index contributed by atoms with van der Waals surface area (Å²) in [5.74, 6) is 0.0221. The van der Waals surface area contributed by atoms with Crippen LogP contribution >= 0.6 is 0 Å². The molecule has 3 heteroatoms. The van der Waals surface area contributed by atoms with Crippen molar-refractivity contribution in [3.63, 3.8) is 0 Å². The molecular weight excluding hydrogens is 226 g/mol. The molecule has 0 radical (unpaired) electrons. The van der Waals surface area contributed by atoms with E-state index in [1.807, 2.05) is 0 Å². The zero-order valence-corrected chi connectivity index (χ0v) is 12.5. The van der Waals surface area contributed by atoms with Gasteiger partial charge < -0.3 is 0 Å². The predicted octanol–water partition coefficient (Wildman–Crippen LogP) is 4.36. The highest BCUT2D eigenvalue weighted by Crippen LogP contribution is 2.12. The van der Waals surface area contributed by atoms with Crippen molar-refractivity contribution >= 4 is 5.91 Å². The van der Waals surface area contributed by atoms with E-state index in [4.69, 9.17) is 4.84 Å². The van der Waals surface area contributed by atoms with Gasteiger partial charge in [-0.25, -0.2) is 5.48 Å². The third-order valence-corrected chi connectivity index (χ3v) is 3.11. The minimum Gasteiger partial charge on any atom is -0.273 e. The molecule has 0 spiro atoms. The zero-order valence-electron chi connectivity index (χ0n) is 12.5. The largest absolute Gasteiger partial charge is 0.273 e. The molecule has 1 N–H and O–H groups in total. The van der Waals surface area contributed by atoms with Crippen LogP contribution in [-0.4, -0.2) is 12.0 Å². The van der Waals surface area contributed by atoms with Crippen LogP contribution in [-0.2, 0) is 9.63 Å². The molecule has 0 heterocycles. The van der Waals surface area contributed by atoms with E-state index in [9.17, 15) is 4.79 Å². The summed E-state index contributed by atoms with van der Waals surface area (Å²) in [6, 6.07) is 0. The van der Waals surface area contributed by atoms with Crippen molar-refractivity contribution in [2.45, 2.75) is 91.1 Å². The quantitative estimate of drug-likeness (QED) is 0.416. The molecule has 3 nitrogen and oxygen atoms in total. The fourth-order valence-electron chi connectivity index (χ4n) is 1.85. The molecule has 0 aliphatic heterocycles. The molecule has 0 saturated carbocycles. The lowest BCUT2D eigenvalue weighted by Crippen LogP contribution is -2.29. The van der Waals surface area contributed by atoms with E-state index < -0.39 is 0 Å². The van der Waals surface area contributed by atoms with Gasteiger partial charge in [-0.05, 0) is 19.3 Å². The number of nitrogens with one attached hydrogen (secondary N) is 1. The van der Waals surface area contributed by atoms with Gasteiger partial charge in [0.2, 0.25) is 5.91 Å². The van der Waals surface area contributed by atoms with E-state index in [1.54, 1.807) is 0 Å². The standard InChI is InChI=1S/C15H31NO2/c1-4-7-10-12-14(11-8-5-2)18-16-15(17)13-9-6-3/h14H,4-13H2,1-3H3,(H,16,17). The van der Waals surface area contributed by atoms with Crippen LogP contribution in [0.3, 0.4) is 0 Å². The number of rotatable bonds is 12. The maximum Gasteiger partial charge on any atom is 0.243 e. The van der Waals surface area contributed by atoms with Crippen molar-refractivity contribution in [1.29, 1.82) is 0 Å². The van der Waals surface area contributed by atoms with Crippen LogP contribution in [0.2, 0.25) is 0 Å². The van der Waals surface area contributed by atoms with Crippen molar-refractivity contribution in [2.24, 2.45) is 0 Å². The number of unbranched alkanes of at least 4 members (excludes halogenated alkanes) is 4. The highest BCUT2D eigenvalue weighted by atomic mass is 16.7. The Morgan fingerprint density at radius 2 is 1.56 bits per heavy atom. The Hall–Kier alpha value is -0.570. The molecule has 0 aromatic heterocycles. The lowest BCUT2D eigenvalue weighted by molar-refractivity contribution is -0.139. The molecule has 1 atom stereocenters. The lowest BCUT2D eigenvalue weighted by Gasteiger charge is -2.17. The maximum atomic E-state index is 11.5. The SMILES string of the molecule is CCCCCC(CCCC)ONC(=O)CCCC. The predicted molar refractivity (Wildman–Crippen MR) is 76.2 cm³/mol. The third-order valence-electron chi connectivity index (χ3n) is 3.11. The van der Waals surface area contributed by atoms with Gasteiger partial charge in [-0.15, -0.1) is 0 Å². The van der Waals surface area contributed by atoms with Gasteiger partial charge in [-0.1, -0.05) is 59.3 Å². The van der Waals surface area contributed by atoms with E-state index in [0.717, 1.165) is 25.7 Å². The molecule has 0 aromatic carbocycles. The van der Waals surface area contributed by atoms with Gasteiger partial charge in [-0.3, -0.25) is 9.63 Å². The van der Waals surface area contributed by atoms with Crippen LogP contribution in [0.25, 0.3) is 0 Å². The third kappa shape index (κ3) is 10.6. The first-order valence-electron chi connectivity index (χ1n) is 7.69. The molecule has 0 fully saturated rings. The topological polar surface area (TPSA) is 38.3 Å². The van der Waals surface area contributed by atoms with Crippen molar-refractivity contribution < 1.29 is 9.63 Å². The molecular formula is C15H31NO2. The van der Waals surface area contributed by atoms with Gasteiger partial charge in [0.15, 0.2) is 0 Å². The summed E-state index contributed by atoms with van der Waals surface area (Å²) in [6.07, 6.45) is 10.9. The number of carbonyl (C=O) groups is 1. The molecule has 0 aromatic rings. The Kier molecular flexibility index (Phi) is 12.5. The zero-order chi connectivity index (χ0) is 13.6. The van der Waals surface area contributed by atoms with Gasteiger partial charge >= 0.3 is 0 Å². The molecule has 1 amide bonds. The van der Waals surface area contributed by atoms with Crippen molar-refractivity contribution in [1.82, 2.24) is 5.48 Å². The number of hydrogen-bond donors (Lipinski definition) is 1. The Morgan fingerprint density at radius 3 is 2.17 bits per heavy atom. The second kappa shape index (κ2) is 12.9. The molecule has 0 aliphatic rings. The highest BCUT2D eigenvalue weighted by Gasteiger charge is 2.10. The van der Waals surface area contributed by atoms with E-state index in [1.165, 1.54) is 32.1 Å². The van der Waals surface area contributed by atoms with E-state index in [2.05, 4.69) is 26.3 Å². The van der Waals surface area contributed by atoms with Crippen LogP contribution in [0.4, 0.5) is 0 Å². The minimum absolute atomic E-state index is 0.0221. The second-order valence-corrected chi connectivity index (χ2v) is 5.01. The summed E-state index contributed by atoms with van der Waals surface area (Å²) < 4.78 is 0. The summed E-state index contributed by atoms with van der Waals surface area (Å²) in [5.41, 5.74) is 2.61. The Balaban J connectivity index is 3.79. The molecule has 0 saturated heterocycles. The van der Waals surface area contributed by atoms with Crippen LogP contribution in [0.5, 0.6) is 0 Å². The van der Waals surface area contributed by atoms with Crippen LogP contribution in [0.15, 0.2) is 0 Å². The van der Waals surface area contributed by atoms with Crippen LogP contribution in [0.1, 0.15) is 85.0 Å². The molecule has 18 heavy (non-hydrogen) atoms. The molecule has 108 valence electrons. The number of hydroxylamine groups is 1. The average Bonchev–Trinajstić information content (AvgIpc) is 2.39. The Bertz CT molecular complexity index is 195. The normalized spacial score (nSPS) is 12.4. The summed E-state index contributed by atoms with van der Waals surface area (Å²) >= 11 is 0. The first-order valence-corrected chi connectivity index (χ1v) is 7.69. The monoisotopic (exact) mass is 257 g/mol. The molecule has 0 rings (SSSR count). The number of carbonyl (C=O) groups excluding carboxylic acids is 1. The van der Waals surface area contributed by atoms with E-state index in [-0.39, 0.29) is 12.0 Å². The van der Waals surface area contributed by atoms with Crippen molar-refractivity contribution in [2.75, 3.05) is 0 Å². The molecule has 0 aliphatic carbocycles. The fourth-order valence-corrected chi connectivity index (χ4v) is 1.85. The van der Waals surface area contributed by atoms with E-state index in [0.29, 0.717) is 6.42 Å². The number of hydrogen-bond acceptors (Lipinski definition) is 2. The first-order chi connectivity index (χ1) is 8.74.